The number of carboxylic acids is 2. The van der Waals surface area contributed by atoms with Gasteiger partial charge in [-0.2, -0.15) is 0 Å². The molecule has 2 N–H and O–H groups in total. The van der Waals surface area contributed by atoms with E-state index in [1.165, 1.54) is 89.9 Å². The van der Waals surface area contributed by atoms with Crippen molar-refractivity contribution in [1.29, 1.82) is 0 Å². The zero-order valence-corrected chi connectivity index (χ0v) is 23.1. The van der Waals surface area contributed by atoms with E-state index >= 15 is 0 Å². The van der Waals surface area contributed by atoms with E-state index in [0.717, 1.165) is 25.7 Å². The molecule has 0 rings (SSSR count). The molecule has 4 nitrogen and oxygen atoms in total. The van der Waals surface area contributed by atoms with Gasteiger partial charge in [-0.3, -0.25) is 9.59 Å². The van der Waals surface area contributed by atoms with Gasteiger partial charge in [-0.25, -0.2) is 0 Å². The fraction of sp³-hybridized carbons (Fsp3) is 0.923. The monoisotopic (exact) mass is 468 g/mol. The summed E-state index contributed by atoms with van der Waals surface area (Å²) in [5.41, 5.74) is -0.189. The Bertz CT molecular complexity index is 416. The average Bonchev–Trinajstić information content (AvgIpc) is 2.70. The van der Waals surface area contributed by atoms with E-state index in [0.29, 0.717) is 0 Å². The molecular weight excluding hydrogens is 416 g/mol. The van der Waals surface area contributed by atoms with Crippen molar-refractivity contribution in [1.82, 2.24) is 0 Å². The number of carboxylic acid groups (broad SMARTS) is 2. The van der Waals surface area contributed by atoms with Crippen molar-refractivity contribution >= 4 is 49.7 Å². The van der Waals surface area contributed by atoms with Crippen LogP contribution < -0.4 is 0 Å². The van der Waals surface area contributed by atoms with Crippen molar-refractivity contribution in [2.75, 3.05) is 0 Å². The van der Waals surface area contributed by atoms with Crippen LogP contribution in [0.1, 0.15) is 146 Å². The number of carbonyl (C=O) groups is 2. The molecule has 0 radical (unpaired) electrons. The summed E-state index contributed by atoms with van der Waals surface area (Å²) in [5.74, 6) is -3.67. The fourth-order valence-corrected chi connectivity index (χ4v) is 4.47. The van der Waals surface area contributed by atoms with Gasteiger partial charge in [0.05, 0.1) is 0 Å². The van der Waals surface area contributed by atoms with Crippen LogP contribution in [0.4, 0.5) is 0 Å². The molecule has 0 heterocycles. The normalized spacial score (nSPS) is 11.5. The van der Waals surface area contributed by atoms with Crippen LogP contribution in [0.2, 0.25) is 0 Å². The average molecular weight is 469 g/mol. The minimum atomic E-state index is -1.28. The Balaban J connectivity index is -0.00000140. The topological polar surface area (TPSA) is 74.6 Å². The maximum Gasteiger partial charge on any atom is 2.00 e. The molecule has 0 amide bonds. The second-order valence-corrected chi connectivity index (χ2v) is 9.69. The van der Waals surface area contributed by atoms with Crippen molar-refractivity contribution in [2.45, 2.75) is 143 Å². The molecule has 31 heavy (non-hydrogen) atoms. The van der Waals surface area contributed by atoms with Gasteiger partial charge in [-0.05, 0) is 24.7 Å². The Labute approximate surface area is 225 Å². The molecule has 0 unspecified atom stereocenters. The summed E-state index contributed by atoms with van der Waals surface area (Å²) in [6, 6.07) is 0. The van der Waals surface area contributed by atoms with E-state index in [2.05, 4.69) is 20.8 Å². The standard InChI is InChI=1S/C26H50O4.Ca.2H/c1-4-6-8-10-12-14-16-18-20-26(3,22-23(24(27)28)25(29)30)21-19-17-15-13-11-9-7-5-2;;;/h23H,4-22H2,1-3H3,(H,27,28)(H,29,30);;;/q;+2;2*-1. The smallest absolute Gasteiger partial charge is 1.00 e. The van der Waals surface area contributed by atoms with Gasteiger partial charge in [-0.15, -0.1) is 0 Å². The molecule has 0 aliphatic heterocycles. The molecule has 0 fully saturated rings. The minimum absolute atomic E-state index is 0. The molecule has 0 atom stereocenters. The fourth-order valence-electron chi connectivity index (χ4n) is 4.47. The Hall–Kier alpha value is 0.200. The Morgan fingerprint density at radius 3 is 1.23 bits per heavy atom. The molecule has 0 aliphatic carbocycles. The molecular formula is C26H52CaO4. The number of aliphatic carboxylic acids is 2. The van der Waals surface area contributed by atoms with Crippen LogP contribution in [0.5, 0.6) is 0 Å². The first kappa shape index (κ1) is 33.4. The second kappa shape index (κ2) is 22.0. The summed E-state index contributed by atoms with van der Waals surface area (Å²) in [6.07, 6.45) is 22.1. The predicted molar refractivity (Wildman–Crippen MR) is 134 cm³/mol. The Morgan fingerprint density at radius 2 is 0.935 bits per heavy atom. The van der Waals surface area contributed by atoms with Crippen LogP contribution >= 0.6 is 0 Å². The van der Waals surface area contributed by atoms with E-state index in [-0.39, 0.29) is 52.4 Å². The molecule has 5 heteroatoms. The van der Waals surface area contributed by atoms with E-state index in [4.69, 9.17) is 0 Å². The maximum absolute atomic E-state index is 11.4. The Kier molecular flexibility index (Phi) is 23.7. The summed E-state index contributed by atoms with van der Waals surface area (Å²) >= 11 is 0. The molecule has 0 spiro atoms. The third kappa shape index (κ3) is 19.4. The van der Waals surface area contributed by atoms with Crippen LogP contribution in [0, 0.1) is 11.3 Å². The van der Waals surface area contributed by atoms with Gasteiger partial charge in [0, 0.05) is 0 Å². The summed E-state index contributed by atoms with van der Waals surface area (Å²) in [7, 11) is 0. The molecule has 182 valence electrons. The summed E-state index contributed by atoms with van der Waals surface area (Å²) in [5, 5.41) is 18.7. The van der Waals surface area contributed by atoms with Crippen LogP contribution in [0.15, 0.2) is 0 Å². The largest absolute Gasteiger partial charge is 2.00 e. The Morgan fingerprint density at radius 1 is 0.645 bits per heavy atom. The van der Waals surface area contributed by atoms with E-state index in [9.17, 15) is 19.8 Å². The summed E-state index contributed by atoms with van der Waals surface area (Å²) in [4.78, 5) is 22.9. The van der Waals surface area contributed by atoms with E-state index < -0.39 is 17.9 Å². The van der Waals surface area contributed by atoms with Crippen LogP contribution in [0.25, 0.3) is 0 Å². The van der Waals surface area contributed by atoms with Crippen molar-refractivity contribution < 1.29 is 22.7 Å². The van der Waals surface area contributed by atoms with Gasteiger partial charge in [0.15, 0.2) is 5.92 Å². The van der Waals surface area contributed by atoms with E-state index in [1.807, 2.05) is 0 Å². The van der Waals surface area contributed by atoms with Gasteiger partial charge in [0.25, 0.3) is 0 Å². The number of hydrogen-bond acceptors (Lipinski definition) is 2. The number of hydrogen-bond donors (Lipinski definition) is 2. The summed E-state index contributed by atoms with van der Waals surface area (Å²) in [6.45, 7) is 6.58. The van der Waals surface area contributed by atoms with E-state index in [1.54, 1.807) is 0 Å². The van der Waals surface area contributed by atoms with Gasteiger partial charge >= 0.3 is 49.7 Å². The van der Waals surface area contributed by atoms with Crippen LogP contribution in [-0.2, 0) is 9.59 Å². The predicted octanol–water partition coefficient (Wildman–Crippen LogP) is 8.07. The minimum Gasteiger partial charge on any atom is -1.00 e. The molecule has 0 saturated heterocycles. The van der Waals surface area contributed by atoms with Gasteiger partial charge in [0.2, 0.25) is 0 Å². The third-order valence-electron chi connectivity index (χ3n) is 6.56. The van der Waals surface area contributed by atoms with Crippen molar-refractivity contribution in [2.24, 2.45) is 11.3 Å². The van der Waals surface area contributed by atoms with Crippen molar-refractivity contribution in [3.8, 4) is 0 Å². The zero-order chi connectivity index (χ0) is 22.7. The first-order valence-corrected chi connectivity index (χ1v) is 12.8. The summed E-state index contributed by atoms with van der Waals surface area (Å²) < 4.78 is 0. The van der Waals surface area contributed by atoms with Gasteiger partial charge < -0.3 is 13.1 Å². The van der Waals surface area contributed by atoms with Crippen molar-refractivity contribution in [3.05, 3.63) is 0 Å². The number of rotatable bonds is 22. The quantitative estimate of drug-likeness (QED) is 0.0956. The zero-order valence-electron chi connectivity index (χ0n) is 22.9. The van der Waals surface area contributed by atoms with Crippen LogP contribution in [-0.4, -0.2) is 59.9 Å². The van der Waals surface area contributed by atoms with Gasteiger partial charge in [0.1, 0.15) is 0 Å². The molecule has 0 saturated carbocycles. The van der Waals surface area contributed by atoms with Gasteiger partial charge in [-0.1, -0.05) is 124 Å². The molecule has 0 aliphatic rings. The number of unbranched alkanes of at least 4 members (excludes halogenated alkanes) is 14. The first-order chi connectivity index (χ1) is 14.4. The van der Waals surface area contributed by atoms with Crippen molar-refractivity contribution in [3.63, 3.8) is 0 Å². The third-order valence-corrected chi connectivity index (χ3v) is 6.56. The maximum atomic E-state index is 11.4. The van der Waals surface area contributed by atoms with Crippen LogP contribution in [0.3, 0.4) is 0 Å². The SMILES string of the molecule is CCCCCCCCCCC(C)(CCCCCCCCCC)CC(C(=O)O)C(=O)O.[Ca+2].[H-].[H-]. The first-order valence-electron chi connectivity index (χ1n) is 12.8. The second-order valence-electron chi connectivity index (χ2n) is 9.69. The molecule has 0 aromatic rings. The molecule has 0 aromatic carbocycles. The molecule has 0 bridgehead atoms. The molecule has 0 aromatic heterocycles.